The van der Waals surface area contributed by atoms with Crippen molar-refractivity contribution in [3.8, 4) is 11.5 Å². The summed E-state index contributed by atoms with van der Waals surface area (Å²) in [4.78, 5) is 2.43. The maximum absolute atomic E-state index is 10.3. The predicted molar refractivity (Wildman–Crippen MR) is 95.8 cm³/mol. The van der Waals surface area contributed by atoms with Crippen molar-refractivity contribution in [2.45, 2.75) is 18.9 Å². The molecule has 0 radical (unpaired) electrons. The summed E-state index contributed by atoms with van der Waals surface area (Å²) in [6, 6.07) is 5.82. The third kappa shape index (κ3) is 5.36. The summed E-state index contributed by atoms with van der Waals surface area (Å²) in [5, 5.41) is 13.6. The van der Waals surface area contributed by atoms with E-state index in [1.807, 2.05) is 18.2 Å². The van der Waals surface area contributed by atoms with E-state index in [1.165, 1.54) is 0 Å². The third-order valence-corrected chi connectivity index (χ3v) is 3.83. The Kier molecular flexibility index (Phi) is 10.3. The number of hydrogen-bond donors (Lipinski definition) is 2. The molecule has 0 aromatic heterocycles. The molecule has 4 nitrogen and oxygen atoms in total. The minimum absolute atomic E-state index is 0. The molecule has 1 saturated heterocycles. The second-order valence-electron chi connectivity index (χ2n) is 5.09. The number of nitrogens with zero attached hydrogens (tertiary/aromatic N) is 1. The maximum Gasteiger partial charge on any atom is 0.124 e. The van der Waals surface area contributed by atoms with Crippen molar-refractivity contribution in [2.24, 2.45) is 0 Å². The van der Waals surface area contributed by atoms with Crippen molar-refractivity contribution < 1.29 is 9.84 Å². The molecule has 1 heterocycles. The van der Waals surface area contributed by atoms with E-state index in [9.17, 15) is 5.11 Å². The molecule has 1 aliphatic rings. The Balaban J connectivity index is 0.00000220. The van der Waals surface area contributed by atoms with Crippen molar-refractivity contribution in [1.29, 1.82) is 0 Å². The van der Waals surface area contributed by atoms with Crippen LogP contribution in [-0.2, 0) is 0 Å². The number of aromatic hydroxyl groups is 1. The first kappa shape index (κ1) is 21.1. The van der Waals surface area contributed by atoms with Gasteiger partial charge in [0, 0.05) is 43.9 Å². The molecule has 1 aromatic carbocycles. The Labute approximate surface area is 145 Å². The number of phenols is 1. The second kappa shape index (κ2) is 10.7. The Morgan fingerprint density at radius 2 is 2.05 bits per heavy atom. The number of halogens is 2. The highest BCUT2D eigenvalue weighted by molar-refractivity contribution is 5.85. The van der Waals surface area contributed by atoms with Crippen LogP contribution in [0.25, 0.3) is 0 Å². The third-order valence-electron chi connectivity index (χ3n) is 3.83. The number of ether oxygens (including phenoxy) is 1. The predicted octanol–water partition coefficient (Wildman–Crippen LogP) is 3.16. The highest BCUT2D eigenvalue weighted by Gasteiger charge is 2.24. The zero-order valence-corrected chi connectivity index (χ0v) is 14.6. The first-order valence-corrected chi connectivity index (χ1v) is 7.19. The Morgan fingerprint density at radius 1 is 1.36 bits per heavy atom. The van der Waals surface area contributed by atoms with Crippen molar-refractivity contribution >= 4 is 24.8 Å². The fourth-order valence-corrected chi connectivity index (χ4v) is 2.74. The molecule has 126 valence electrons. The van der Waals surface area contributed by atoms with Gasteiger partial charge in [-0.1, -0.05) is 12.1 Å². The van der Waals surface area contributed by atoms with Crippen LogP contribution in [0.3, 0.4) is 0 Å². The van der Waals surface area contributed by atoms with E-state index in [0.29, 0.717) is 11.5 Å². The first-order valence-electron chi connectivity index (χ1n) is 7.19. The molecule has 1 fully saturated rings. The van der Waals surface area contributed by atoms with Gasteiger partial charge in [0.15, 0.2) is 0 Å². The fraction of sp³-hybridized carbons (Fsp3) is 0.500. The molecular weight excluding hydrogens is 323 g/mol. The standard InChI is InChI=1S/C16H24N2O2.2ClH/c1-3-4-5-15(18-10-8-17-9-11-18)14-7-6-13(20-2)12-16(14)19;;/h3,6-7,12,15,17,19H,1,4-5,8-11H2,2H3;2*1H/t15-;;/m1../s1. The monoisotopic (exact) mass is 348 g/mol. The molecule has 1 atom stereocenters. The van der Waals surface area contributed by atoms with E-state index < -0.39 is 0 Å². The Hall–Kier alpha value is -0.940. The number of allylic oxidation sites excluding steroid dienone is 1. The summed E-state index contributed by atoms with van der Waals surface area (Å²) >= 11 is 0. The Morgan fingerprint density at radius 3 is 2.59 bits per heavy atom. The van der Waals surface area contributed by atoms with E-state index >= 15 is 0 Å². The van der Waals surface area contributed by atoms with E-state index in [2.05, 4.69) is 16.8 Å². The molecule has 2 N–H and O–H groups in total. The molecule has 1 aromatic rings. The van der Waals surface area contributed by atoms with Gasteiger partial charge in [0.2, 0.25) is 0 Å². The number of hydrogen-bond acceptors (Lipinski definition) is 4. The molecule has 0 amide bonds. The van der Waals surface area contributed by atoms with E-state index in [1.54, 1.807) is 13.2 Å². The van der Waals surface area contributed by atoms with E-state index in [-0.39, 0.29) is 30.9 Å². The average Bonchev–Trinajstić information content (AvgIpc) is 2.50. The first-order chi connectivity index (χ1) is 9.76. The lowest BCUT2D eigenvalue weighted by Crippen LogP contribution is -2.45. The zero-order valence-electron chi connectivity index (χ0n) is 13.0. The van der Waals surface area contributed by atoms with Crippen molar-refractivity contribution in [1.82, 2.24) is 10.2 Å². The lowest BCUT2D eigenvalue weighted by Gasteiger charge is -2.35. The molecule has 0 aliphatic carbocycles. The summed E-state index contributed by atoms with van der Waals surface area (Å²) in [7, 11) is 1.61. The van der Waals surface area contributed by atoms with Gasteiger partial charge in [-0.25, -0.2) is 0 Å². The smallest absolute Gasteiger partial charge is 0.124 e. The van der Waals surface area contributed by atoms with Crippen molar-refractivity contribution in [3.63, 3.8) is 0 Å². The normalized spacial score (nSPS) is 16.0. The van der Waals surface area contributed by atoms with Crippen LogP contribution in [-0.4, -0.2) is 43.3 Å². The lowest BCUT2D eigenvalue weighted by molar-refractivity contribution is 0.163. The molecule has 6 heteroatoms. The Bertz CT molecular complexity index is 452. The minimum atomic E-state index is 0. The fourth-order valence-electron chi connectivity index (χ4n) is 2.74. The van der Waals surface area contributed by atoms with Gasteiger partial charge in [0.05, 0.1) is 7.11 Å². The lowest BCUT2D eigenvalue weighted by atomic mass is 9.98. The van der Waals surface area contributed by atoms with Gasteiger partial charge in [-0.3, -0.25) is 4.90 Å². The minimum Gasteiger partial charge on any atom is -0.507 e. The molecule has 0 bridgehead atoms. The van der Waals surface area contributed by atoms with Crippen LogP contribution >= 0.6 is 24.8 Å². The summed E-state index contributed by atoms with van der Waals surface area (Å²) < 4.78 is 5.16. The van der Waals surface area contributed by atoms with Gasteiger partial charge in [0.1, 0.15) is 11.5 Å². The van der Waals surface area contributed by atoms with Gasteiger partial charge in [-0.15, -0.1) is 31.4 Å². The van der Waals surface area contributed by atoms with Crippen LogP contribution in [0.4, 0.5) is 0 Å². The summed E-state index contributed by atoms with van der Waals surface area (Å²) in [5.41, 5.74) is 0.981. The van der Waals surface area contributed by atoms with Crippen molar-refractivity contribution in [3.05, 3.63) is 36.4 Å². The van der Waals surface area contributed by atoms with Gasteiger partial charge in [-0.2, -0.15) is 0 Å². The van der Waals surface area contributed by atoms with Crippen LogP contribution in [0.2, 0.25) is 0 Å². The van der Waals surface area contributed by atoms with E-state index in [4.69, 9.17) is 4.74 Å². The SMILES string of the molecule is C=CCC[C@H](c1ccc(OC)cc1O)N1CCNCC1.Cl.Cl. The van der Waals surface area contributed by atoms with Gasteiger partial charge in [0.25, 0.3) is 0 Å². The summed E-state index contributed by atoms with van der Waals surface area (Å²) in [6.07, 6.45) is 3.86. The van der Waals surface area contributed by atoms with Crippen molar-refractivity contribution in [2.75, 3.05) is 33.3 Å². The summed E-state index contributed by atoms with van der Waals surface area (Å²) in [6.45, 7) is 7.83. The quantitative estimate of drug-likeness (QED) is 0.775. The molecule has 22 heavy (non-hydrogen) atoms. The summed E-state index contributed by atoms with van der Waals surface area (Å²) in [5.74, 6) is 1.01. The molecule has 0 spiro atoms. The molecular formula is C16H26Cl2N2O2. The van der Waals surface area contributed by atoms with Gasteiger partial charge in [-0.05, 0) is 18.9 Å². The molecule has 0 saturated carbocycles. The number of piperazine rings is 1. The number of methoxy groups -OCH3 is 1. The number of benzene rings is 1. The number of phenolic OH excluding ortho intramolecular Hbond substituents is 1. The van der Waals surface area contributed by atoms with Crippen LogP contribution in [0.1, 0.15) is 24.4 Å². The second-order valence-corrected chi connectivity index (χ2v) is 5.09. The molecule has 2 rings (SSSR count). The average molecular weight is 349 g/mol. The molecule has 0 unspecified atom stereocenters. The van der Waals surface area contributed by atoms with Crippen LogP contribution in [0.5, 0.6) is 11.5 Å². The van der Waals surface area contributed by atoms with Gasteiger partial charge >= 0.3 is 0 Å². The highest BCUT2D eigenvalue weighted by Crippen LogP contribution is 2.34. The van der Waals surface area contributed by atoms with E-state index in [0.717, 1.165) is 44.6 Å². The van der Waals surface area contributed by atoms with Crippen LogP contribution < -0.4 is 10.1 Å². The number of rotatable bonds is 6. The topological polar surface area (TPSA) is 44.7 Å². The van der Waals surface area contributed by atoms with Gasteiger partial charge < -0.3 is 15.2 Å². The molecule has 1 aliphatic heterocycles. The maximum atomic E-state index is 10.3. The zero-order chi connectivity index (χ0) is 14.4. The van der Waals surface area contributed by atoms with Crippen LogP contribution in [0, 0.1) is 0 Å². The largest absolute Gasteiger partial charge is 0.507 e. The van der Waals surface area contributed by atoms with Crippen LogP contribution in [0.15, 0.2) is 30.9 Å². The number of nitrogens with one attached hydrogen (secondary N) is 1. The highest BCUT2D eigenvalue weighted by atomic mass is 35.5.